The van der Waals surface area contributed by atoms with E-state index < -0.39 is 11.7 Å². The Labute approximate surface area is 103 Å². The zero-order valence-corrected chi connectivity index (χ0v) is 9.92. The van der Waals surface area contributed by atoms with Gasteiger partial charge >= 0.3 is 11.7 Å². The van der Waals surface area contributed by atoms with Crippen LogP contribution in [0.4, 0.5) is 0 Å². The number of aromatic nitrogens is 1. The van der Waals surface area contributed by atoms with Crippen molar-refractivity contribution in [2.75, 3.05) is 0 Å². The molecule has 0 fully saturated rings. The molecule has 0 amide bonds. The van der Waals surface area contributed by atoms with Crippen LogP contribution in [0.5, 0.6) is 0 Å². The second kappa shape index (κ2) is 4.66. The summed E-state index contributed by atoms with van der Waals surface area (Å²) in [4.78, 5) is 21.8. The highest BCUT2D eigenvalue weighted by molar-refractivity contribution is 5.73. The number of hydrogen-bond donors (Lipinski definition) is 2. The summed E-state index contributed by atoms with van der Waals surface area (Å²) in [7, 11) is 1.62. The predicted molar refractivity (Wildman–Crippen MR) is 65.3 cm³/mol. The van der Waals surface area contributed by atoms with Crippen molar-refractivity contribution in [2.45, 2.75) is 18.9 Å². The maximum atomic E-state index is 11.3. The van der Waals surface area contributed by atoms with Crippen molar-refractivity contribution < 1.29 is 14.3 Å². The molecule has 0 saturated carbocycles. The van der Waals surface area contributed by atoms with Crippen LogP contribution in [0, 0.1) is 0 Å². The van der Waals surface area contributed by atoms with E-state index in [0.29, 0.717) is 17.5 Å². The molecule has 3 N–H and O–H groups in total. The summed E-state index contributed by atoms with van der Waals surface area (Å²) in [6.45, 7) is 0. The van der Waals surface area contributed by atoms with Crippen molar-refractivity contribution in [2.24, 2.45) is 12.8 Å². The van der Waals surface area contributed by atoms with E-state index in [1.54, 1.807) is 25.2 Å². The third-order valence-electron chi connectivity index (χ3n) is 2.91. The van der Waals surface area contributed by atoms with E-state index in [4.69, 9.17) is 15.3 Å². The Morgan fingerprint density at radius 2 is 2.28 bits per heavy atom. The van der Waals surface area contributed by atoms with Gasteiger partial charge in [-0.1, -0.05) is 6.07 Å². The molecule has 1 aromatic carbocycles. The van der Waals surface area contributed by atoms with Crippen LogP contribution < -0.4 is 11.5 Å². The number of hydrogen-bond acceptors (Lipinski definition) is 4. The van der Waals surface area contributed by atoms with Gasteiger partial charge < -0.3 is 15.3 Å². The summed E-state index contributed by atoms with van der Waals surface area (Å²) in [6.07, 6.45) is 0.357. The second-order valence-electron chi connectivity index (χ2n) is 4.19. The number of carboxylic acids is 1. The summed E-state index contributed by atoms with van der Waals surface area (Å²) >= 11 is 0. The Morgan fingerprint density at radius 3 is 2.94 bits per heavy atom. The van der Waals surface area contributed by atoms with E-state index >= 15 is 0 Å². The van der Waals surface area contributed by atoms with Gasteiger partial charge in [-0.3, -0.25) is 9.36 Å². The van der Waals surface area contributed by atoms with Gasteiger partial charge in [0.05, 0.1) is 5.52 Å². The second-order valence-corrected chi connectivity index (χ2v) is 4.19. The number of benzene rings is 1. The van der Waals surface area contributed by atoms with Crippen molar-refractivity contribution in [3.63, 3.8) is 0 Å². The molecule has 1 heterocycles. The van der Waals surface area contributed by atoms with Crippen molar-refractivity contribution in [1.29, 1.82) is 0 Å². The molecule has 0 spiro atoms. The minimum Gasteiger partial charge on any atom is -0.481 e. The van der Waals surface area contributed by atoms with Crippen LogP contribution in [0.2, 0.25) is 0 Å². The Bertz CT molecular complexity index is 641. The summed E-state index contributed by atoms with van der Waals surface area (Å²) < 4.78 is 6.46. The lowest BCUT2D eigenvalue weighted by Gasteiger charge is -2.10. The number of carboxylic acid groups (broad SMARTS) is 1. The molecule has 0 aliphatic heterocycles. The fraction of sp³-hybridized carbons (Fsp3) is 0.333. The van der Waals surface area contributed by atoms with Gasteiger partial charge in [0.1, 0.15) is 0 Å². The Hall–Kier alpha value is -2.08. The molecule has 0 saturated heterocycles. The molecule has 0 aliphatic carbocycles. The number of rotatable bonds is 4. The standard InChI is InChI=1S/C12H14N2O4/c1-14-9-4-2-7(6-10(9)18-12(14)17)8(13)3-5-11(15)16/h2,4,6,8H,3,5,13H2,1H3,(H,15,16). The molecule has 2 rings (SSSR count). The van der Waals surface area contributed by atoms with Crippen molar-refractivity contribution in [3.05, 3.63) is 34.3 Å². The largest absolute Gasteiger partial charge is 0.481 e. The van der Waals surface area contributed by atoms with Gasteiger partial charge in [0.15, 0.2) is 5.58 Å². The first-order chi connectivity index (χ1) is 8.49. The van der Waals surface area contributed by atoms with Gasteiger partial charge in [-0.05, 0) is 24.1 Å². The number of fused-ring (bicyclic) bond motifs is 1. The van der Waals surface area contributed by atoms with E-state index in [0.717, 1.165) is 5.56 Å². The molecule has 2 aromatic rings. The highest BCUT2D eigenvalue weighted by Gasteiger charge is 2.12. The molecular weight excluding hydrogens is 236 g/mol. The number of nitrogens with two attached hydrogens (primary N) is 1. The fourth-order valence-electron chi connectivity index (χ4n) is 1.83. The molecule has 96 valence electrons. The third-order valence-corrected chi connectivity index (χ3v) is 2.91. The van der Waals surface area contributed by atoms with Gasteiger partial charge in [-0.15, -0.1) is 0 Å². The Morgan fingerprint density at radius 1 is 1.56 bits per heavy atom. The molecule has 1 aromatic heterocycles. The average molecular weight is 250 g/mol. The molecule has 0 bridgehead atoms. The number of aryl methyl sites for hydroxylation is 1. The van der Waals surface area contributed by atoms with Gasteiger partial charge in [0.2, 0.25) is 0 Å². The average Bonchev–Trinajstić information content (AvgIpc) is 2.61. The number of carbonyl (C=O) groups is 1. The first-order valence-electron chi connectivity index (χ1n) is 5.56. The lowest BCUT2D eigenvalue weighted by Crippen LogP contribution is -2.12. The molecule has 6 nitrogen and oxygen atoms in total. The van der Waals surface area contributed by atoms with Crippen LogP contribution in [0.25, 0.3) is 11.1 Å². The van der Waals surface area contributed by atoms with Crippen LogP contribution in [0.3, 0.4) is 0 Å². The van der Waals surface area contributed by atoms with Crippen LogP contribution in [-0.2, 0) is 11.8 Å². The highest BCUT2D eigenvalue weighted by Crippen LogP contribution is 2.21. The summed E-state index contributed by atoms with van der Waals surface area (Å²) in [5.41, 5.74) is 7.80. The van der Waals surface area contributed by atoms with Crippen LogP contribution in [0.15, 0.2) is 27.4 Å². The topological polar surface area (TPSA) is 98.5 Å². The summed E-state index contributed by atoms with van der Waals surface area (Å²) in [5, 5.41) is 8.60. The van der Waals surface area contributed by atoms with Crippen LogP contribution >= 0.6 is 0 Å². The highest BCUT2D eigenvalue weighted by atomic mass is 16.4. The number of nitrogens with zero attached hydrogens (tertiary/aromatic N) is 1. The Balaban J connectivity index is 2.29. The van der Waals surface area contributed by atoms with Gasteiger partial charge in [0, 0.05) is 19.5 Å². The lowest BCUT2D eigenvalue weighted by molar-refractivity contribution is -0.137. The van der Waals surface area contributed by atoms with E-state index in [2.05, 4.69) is 0 Å². The summed E-state index contributed by atoms with van der Waals surface area (Å²) in [5.74, 6) is -1.31. The minimum absolute atomic E-state index is 0.0118. The van der Waals surface area contributed by atoms with Crippen LogP contribution in [0.1, 0.15) is 24.4 Å². The smallest absolute Gasteiger partial charge is 0.419 e. The molecular formula is C12H14N2O4. The minimum atomic E-state index is -0.877. The molecule has 18 heavy (non-hydrogen) atoms. The van der Waals surface area contributed by atoms with Crippen LogP contribution in [-0.4, -0.2) is 15.6 Å². The quantitative estimate of drug-likeness (QED) is 0.843. The predicted octanol–water partition coefficient (Wildman–Crippen LogP) is 0.996. The van der Waals surface area contributed by atoms with E-state index in [9.17, 15) is 9.59 Å². The normalized spacial score (nSPS) is 12.8. The lowest BCUT2D eigenvalue weighted by atomic mass is 10.0. The number of aliphatic carboxylic acids is 1. The van der Waals surface area contributed by atoms with E-state index in [1.165, 1.54) is 4.57 Å². The van der Waals surface area contributed by atoms with Crippen molar-refractivity contribution in [3.8, 4) is 0 Å². The molecule has 0 radical (unpaired) electrons. The van der Waals surface area contributed by atoms with E-state index in [-0.39, 0.29) is 12.5 Å². The first kappa shape index (κ1) is 12.4. The summed E-state index contributed by atoms with van der Waals surface area (Å²) in [6, 6.07) is 4.83. The molecule has 1 unspecified atom stereocenters. The number of oxazole rings is 1. The zero-order chi connectivity index (χ0) is 13.3. The molecule has 1 atom stereocenters. The van der Waals surface area contributed by atoms with Gasteiger partial charge in [-0.2, -0.15) is 0 Å². The zero-order valence-electron chi connectivity index (χ0n) is 9.92. The SMILES string of the molecule is Cn1c(=O)oc2cc(C(N)CCC(=O)O)ccc21. The Kier molecular flexibility index (Phi) is 3.20. The monoisotopic (exact) mass is 250 g/mol. The van der Waals surface area contributed by atoms with Gasteiger partial charge in [0.25, 0.3) is 0 Å². The first-order valence-corrected chi connectivity index (χ1v) is 5.56. The maximum absolute atomic E-state index is 11.3. The maximum Gasteiger partial charge on any atom is 0.419 e. The van der Waals surface area contributed by atoms with Gasteiger partial charge in [-0.25, -0.2) is 4.79 Å². The van der Waals surface area contributed by atoms with Crippen molar-refractivity contribution in [1.82, 2.24) is 4.57 Å². The molecule has 6 heteroatoms. The fourth-order valence-corrected chi connectivity index (χ4v) is 1.83. The van der Waals surface area contributed by atoms with E-state index in [1.807, 2.05) is 0 Å². The van der Waals surface area contributed by atoms with Crippen molar-refractivity contribution >= 4 is 17.1 Å². The third kappa shape index (κ3) is 2.28. The molecule has 0 aliphatic rings.